The molecule has 0 radical (unpaired) electrons. The van der Waals surface area contributed by atoms with E-state index in [2.05, 4.69) is 74.5 Å². The van der Waals surface area contributed by atoms with E-state index < -0.39 is 0 Å². The lowest BCUT2D eigenvalue weighted by Gasteiger charge is -2.28. The van der Waals surface area contributed by atoms with Crippen molar-refractivity contribution in [3.8, 4) is 11.1 Å². The van der Waals surface area contributed by atoms with Crippen molar-refractivity contribution in [3.05, 3.63) is 71.8 Å². The fourth-order valence-corrected chi connectivity index (χ4v) is 6.90. The molecule has 0 aliphatic heterocycles. The fourth-order valence-electron chi connectivity index (χ4n) is 6.90. The van der Waals surface area contributed by atoms with Crippen molar-refractivity contribution < 1.29 is 0 Å². The summed E-state index contributed by atoms with van der Waals surface area (Å²) in [4.78, 5) is 0. The molecular formula is C36H52. The lowest BCUT2D eigenvalue weighted by Crippen LogP contribution is -2.13. The fraction of sp³-hybridized carbons (Fsp3) is 0.611. The van der Waals surface area contributed by atoms with Crippen molar-refractivity contribution >= 4 is 0 Å². The molecule has 0 unspecified atom stereocenters. The minimum absolute atomic E-state index is 0.781. The highest BCUT2D eigenvalue weighted by molar-refractivity contribution is 5.64. The van der Waals surface area contributed by atoms with Gasteiger partial charge in [-0.3, -0.25) is 0 Å². The number of unbranched alkanes of at least 4 members (excludes halogenated alkanes) is 2. The van der Waals surface area contributed by atoms with E-state index in [9.17, 15) is 0 Å². The zero-order chi connectivity index (χ0) is 25.0. The molecule has 0 saturated heterocycles. The lowest BCUT2D eigenvalue weighted by atomic mass is 9.77. The number of allylic oxidation sites excluding steroid dienone is 2. The molecule has 2 aromatic carbocycles. The number of benzene rings is 2. The SMILES string of the molecule is CCCCC[C@H]1CC[C@H](/C=C/CCc2ccc(-c3ccc([C@H]4CC[C@H](CCC)CC4)cc3)cc2)CC1. The van der Waals surface area contributed by atoms with Gasteiger partial charge in [-0.1, -0.05) is 113 Å². The molecule has 2 aliphatic carbocycles. The van der Waals surface area contributed by atoms with Gasteiger partial charge in [0.15, 0.2) is 0 Å². The Morgan fingerprint density at radius 3 is 1.89 bits per heavy atom. The number of hydrogen-bond acceptors (Lipinski definition) is 0. The van der Waals surface area contributed by atoms with Crippen LogP contribution in [0.5, 0.6) is 0 Å². The van der Waals surface area contributed by atoms with Crippen LogP contribution < -0.4 is 0 Å². The van der Waals surface area contributed by atoms with Gasteiger partial charge in [-0.15, -0.1) is 0 Å². The second-order valence-electron chi connectivity index (χ2n) is 12.1. The molecule has 0 bridgehead atoms. The summed E-state index contributed by atoms with van der Waals surface area (Å²) in [5.74, 6) is 3.62. The molecule has 2 aliphatic rings. The molecule has 0 atom stereocenters. The summed E-state index contributed by atoms with van der Waals surface area (Å²) in [7, 11) is 0. The maximum Gasteiger partial charge on any atom is -0.0162 e. The minimum atomic E-state index is 0.781. The molecule has 196 valence electrons. The second kappa shape index (κ2) is 14.8. The van der Waals surface area contributed by atoms with E-state index in [-0.39, 0.29) is 0 Å². The Labute approximate surface area is 223 Å². The number of rotatable bonds is 12. The summed E-state index contributed by atoms with van der Waals surface area (Å²) in [5.41, 5.74) is 5.73. The van der Waals surface area contributed by atoms with Gasteiger partial charge in [0.2, 0.25) is 0 Å². The van der Waals surface area contributed by atoms with Crippen LogP contribution in [0.3, 0.4) is 0 Å². The van der Waals surface area contributed by atoms with Crippen LogP contribution in [0.2, 0.25) is 0 Å². The topological polar surface area (TPSA) is 0 Å². The quantitative estimate of drug-likeness (QED) is 0.207. The van der Waals surface area contributed by atoms with Gasteiger partial charge in [0.05, 0.1) is 0 Å². The minimum Gasteiger partial charge on any atom is -0.0879 e. The average Bonchev–Trinajstić information content (AvgIpc) is 2.93. The second-order valence-corrected chi connectivity index (χ2v) is 12.1. The summed E-state index contributed by atoms with van der Waals surface area (Å²) < 4.78 is 0. The van der Waals surface area contributed by atoms with Crippen LogP contribution in [0.1, 0.15) is 127 Å². The number of hydrogen-bond donors (Lipinski definition) is 0. The van der Waals surface area contributed by atoms with Crippen molar-refractivity contribution in [2.24, 2.45) is 17.8 Å². The molecule has 36 heavy (non-hydrogen) atoms. The first-order valence-corrected chi connectivity index (χ1v) is 15.6. The molecule has 0 heterocycles. The van der Waals surface area contributed by atoms with Gasteiger partial charge < -0.3 is 0 Å². The highest BCUT2D eigenvalue weighted by Crippen LogP contribution is 2.38. The van der Waals surface area contributed by atoms with Gasteiger partial charge in [0.25, 0.3) is 0 Å². The molecule has 2 saturated carbocycles. The molecule has 0 heteroatoms. The third-order valence-corrected chi connectivity index (χ3v) is 9.33. The molecule has 0 amide bonds. The third kappa shape index (κ3) is 8.36. The van der Waals surface area contributed by atoms with Gasteiger partial charge in [-0.05, 0) is 110 Å². The van der Waals surface area contributed by atoms with Crippen LogP contribution in [0.15, 0.2) is 60.7 Å². The van der Waals surface area contributed by atoms with Crippen molar-refractivity contribution in [2.45, 2.75) is 122 Å². The molecule has 0 N–H and O–H groups in total. The van der Waals surface area contributed by atoms with E-state index >= 15 is 0 Å². The lowest BCUT2D eigenvalue weighted by molar-refractivity contribution is 0.289. The standard InChI is InChI=1S/C36H52/c1-3-5-6-10-30-13-15-31(16-14-30)11-7-8-12-32-19-23-34(24-20-32)36-27-25-35(26-28-36)33-21-17-29(9-4-2)18-22-33/h7,11,19-20,23-31,33H,3-6,8-10,12-18,21-22H2,1-2H3/b11-7+/t29-,30-,31-,33-. The maximum atomic E-state index is 2.54. The molecule has 2 aromatic rings. The zero-order valence-corrected chi connectivity index (χ0v) is 23.4. The van der Waals surface area contributed by atoms with Gasteiger partial charge in [0.1, 0.15) is 0 Å². The van der Waals surface area contributed by atoms with Crippen LogP contribution >= 0.6 is 0 Å². The van der Waals surface area contributed by atoms with Crippen LogP contribution in [-0.2, 0) is 6.42 Å². The van der Waals surface area contributed by atoms with E-state index in [0.29, 0.717) is 0 Å². The van der Waals surface area contributed by atoms with Gasteiger partial charge in [-0.2, -0.15) is 0 Å². The monoisotopic (exact) mass is 484 g/mol. The summed E-state index contributed by atoms with van der Waals surface area (Å²) in [5, 5.41) is 0. The van der Waals surface area contributed by atoms with Gasteiger partial charge in [0, 0.05) is 0 Å². The van der Waals surface area contributed by atoms with Crippen molar-refractivity contribution in [1.82, 2.24) is 0 Å². The molecule has 0 aromatic heterocycles. The van der Waals surface area contributed by atoms with Gasteiger partial charge >= 0.3 is 0 Å². The normalized spacial score (nSPS) is 24.8. The zero-order valence-electron chi connectivity index (χ0n) is 23.4. The van der Waals surface area contributed by atoms with E-state index in [0.717, 1.165) is 30.1 Å². The first kappa shape index (κ1) is 27.2. The van der Waals surface area contributed by atoms with Crippen molar-refractivity contribution in [2.75, 3.05) is 0 Å². The van der Waals surface area contributed by atoms with Crippen molar-refractivity contribution in [3.63, 3.8) is 0 Å². The van der Waals surface area contributed by atoms with E-state index in [4.69, 9.17) is 0 Å². The predicted molar refractivity (Wildman–Crippen MR) is 159 cm³/mol. The van der Waals surface area contributed by atoms with Crippen LogP contribution in [0.4, 0.5) is 0 Å². The first-order valence-electron chi connectivity index (χ1n) is 15.6. The number of aryl methyl sites for hydroxylation is 1. The molecule has 2 fully saturated rings. The Balaban J connectivity index is 1.18. The summed E-state index contributed by atoms with van der Waals surface area (Å²) >= 11 is 0. The molecule has 0 nitrogen and oxygen atoms in total. The smallest absolute Gasteiger partial charge is 0.0162 e. The van der Waals surface area contributed by atoms with E-state index in [1.807, 2.05) is 0 Å². The van der Waals surface area contributed by atoms with Crippen LogP contribution in [0, 0.1) is 17.8 Å². The maximum absolute atomic E-state index is 2.54. The van der Waals surface area contributed by atoms with Crippen molar-refractivity contribution in [1.29, 1.82) is 0 Å². The van der Waals surface area contributed by atoms with Gasteiger partial charge in [-0.25, -0.2) is 0 Å². The molecule has 0 spiro atoms. The third-order valence-electron chi connectivity index (χ3n) is 9.33. The Morgan fingerprint density at radius 2 is 1.25 bits per heavy atom. The largest absolute Gasteiger partial charge is 0.0879 e. The Hall–Kier alpha value is -1.82. The predicted octanol–water partition coefficient (Wildman–Crippen LogP) is 11.3. The summed E-state index contributed by atoms with van der Waals surface area (Å²) in [6.07, 6.45) is 27.2. The van der Waals surface area contributed by atoms with E-state index in [1.54, 1.807) is 5.56 Å². The summed E-state index contributed by atoms with van der Waals surface area (Å²) in [6.45, 7) is 4.64. The Bertz CT molecular complexity index is 871. The van der Waals surface area contributed by atoms with E-state index in [1.165, 1.54) is 113 Å². The first-order chi connectivity index (χ1) is 17.7. The van der Waals surface area contributed by atoms with Crippen LogP contribution in [-0.4, -0.2) is 0 Å². The highest BCUT2D eigenvalue weighted by atomic mass is 14.3. The molecular weight excluding hydrogens is 432 g/mol. The Kier molecular flexibility index (Phi) is 11.2. The summed E-state index contributed by atoms with van der Waals surface area (Å²) in [6, 6.07) is 18.8. The Morgan fingerprint density at radius 1 is 0.639 bits per heavy atom. The average molecular weight is 485 g/mol. The highest BCUT2D eigenvalue weighted by Gasteiger charge is 2.22. The van der Waals surface area contributed by atoms with Crippen LogP contribution in [0.25, 0.3) is 11.1 Å². The molecule has 4 rings (SSSR count).